The number of methoxy groups -OCH3 is 1. The van der Waals surface area contributed by atoms with Gasteiger partial charge in [-0.05, 0) is 43.5 Å². The minimum atomic E-state index is 0.216. The molecule has 0 unspecified atom stereocenters. The summed E-state index contributed by atoms with van der Waals surface area (Å²) in [7, 11) is 1.75. The molecule has 1 aliphatic rings. The van der Waals surface area contributed by atoms with Gasteiger partial charge < -0.3 is 14.8 Å². The van der Waals surface area contributed by atoms with Gasteiger partial charge in [0.1, 0.15) is 12.4 Å². The first-order valence-corrected chi connectivity index (χ1v) is 8.18. The number of ether oxygens (including phenoxy) is 2. The summed E-state index contributed by atoms with van der Waals surface area (Å²) in [5, 5.41) is 3.34. The van der Waals surface area contributed by atoms with E-state index >= 15 is 0 Å². The zero-order chi connectivity index (χ0) is 16.1. The molecule has 23 heavy (non-hydrogen) atoms. The van der Waals surface area contributed by atoms with Gasteiger partial charge in [0.15, 0.2) is 0 Å². The molecule has 0 aliphatic carbocycles. The van der Waals surface area contributed by atoms with Crippen LogP contribution in [0.15, 0.2) is 42.7 Å². The van der Waals surface area contributed by atoms with E-state index < -0.39 is 0 Å². The van der Waals surface area contributed by atoms with Crippen molar-refractivity contribution in [3.63, 3.8) is 0 Å². The molecule has 0 radical (unpaired) electrons. The molecule has 1 aliphatic heterocycles. The van der Waals surface area contributed by atoms with Gasteiger partial charge in [-0.1, -0.05) is 24.3 Å². The number of nitrogens with zero attached hydrogens (tertiary/aromatic N) is 1. The maximum absolute atomic E-state index is 5.84. The van der Waals surface area contributed by atoms with Crippen LogP contribution < -0.4 is 10.1 Å². The van der Waals surface area contributed by atoms with E-state index in [1.165, 1.54) is 12.0 Å². The second kappa shape index (κ2) is 7.57. The molecule has 0 bridgehead atoms. The Morgan fingerprint density at radius 2 is 2.13 bits per heavy atom. The largest absolute Gasteiger partial charge is 0.490 e. The first kappa shape index (κ1) is 16.0. The minimum Gasteiger partial charge on any atom is -0.490 e. The van der Waals surface area contributed by atoms with E-state index in [0.29, 0.717) is 12.6 Å². The molecule has 1 aromatic heterocycles. The lowest BCUT2D eigenvalue weighted by Crippen LogP contribution is -2.46. The van der Waals surface area contributed by atoms with E-state index in [0.717, 1.165) is 29.8 Å². The lowest BCUT2D eigenvalue weighted by atomic mass is 10.0. The molecule has 3 rings (SSSR count). The molecule has 4 nitrogen and oxygen atoms in total. The summed E-state index contributed by atoms with van der Waals surface area (Å²) in [6.07, 6.45) is 5.97. The zero-order valence-electron chi connectivity index (χ0n) is 13.8. The lowest BCUT2D eigenvalue weighted by Gasteiger charge is -2.27. The molecule has 1 N–H and O–H groups in total. The number of nitrogens with one attached hydrogen (secondary N) is 1. The van der Waals surface area contributed by atoms with Crippen LogP contribution in [0.5, 0.6) is 5.75 Å². The molecular formula is C19H24N2O2. The maximum Gasteiger partial charge on any atom is 0.138 e. The summed E-state index contributed by atoms with van der Waals surface area (Å²) < 4.78 is 11.2. The first-order valence-electron chi connectivity index (χ1n) is 8.18. The number of rotatable bonds is 7. The molecule has 2 heterocycles. The molecule has 0 amide bonds. The van der Waals surface area contributed by atoms with Gasteiger partial charge in [0.25, 0.3) is 0 Å². The molecule has 1 aromatic carbocycles. The molecule has 4 heteroatoms. The monoisotopic (exact) mass is 312 g/mol. The van der Waals surface area contributed by atoms with Crippen LogP contribution in [-0.4, -0.2) is 37.4 Å². The van der Waals surface area contributed by atoms with Crippen molar-refractivity contribution < 1.29 is 9.47 Å². The van der Waals surface area contributed by atoms with Crippen molar-refractivity contribution in [2.75, 3.05) is 20.3 Å². The van der Waals surface area contributed by atoms with Crippen LogP contribution in [0.4, 0.5) is 0 Å². The standard InChI is InChI=1S/C19H24N2O2/c1-14(22-2)8-15-4-3-5-16(9-15)17-10-19(12-20-11-17)23-13-18-6-7-21-18/h3-5,9-12,14,18,21H,6-8,13H2,1-2H3/t14-,18+/m1/s1. The number of hydrogen-bond donors (Lipinski definition) is 1. The van der Waals surface area contributed by atoms with E-state index in [-0.39, 0.29) is 6.10 Å². The summed E-state index contributed by atoms with van der Waals surface area (Å²) in [6.45, 7) is 3.88. The Morgan fingerprint density at radius 3 is 2.87 bits per heavy atom. The van der Waals surface area contributed by atoms with Gasteiger partial charge in [0.05, 0.1) is 12.3 Å². The Hall–Kier alpha value is -1.91. The van der Waals surface area contributed by atoms with Crippen molar-refractivity contribution in [2.24, 2.45) is 0 Å². The highest BCUT2D eigenvalue weighted by molar-refractivity contribution is 5.64. The van der Waals surface area contributed by atoms with Gasteiger partial charge >= 0.3 is 0 Å². The fourth-order valence-corrected chi connectivity index (χ4v) is 2.64. The number of hydrogen-bond acceptors (Lipinski definition) is 4. The van der Waals surface area contributed by atoms with Crippen molar-refractivity contribution >= 4 is 0 Å². The third kappa shape index (κ3) is 4.30. The number of benzene rings is 1. The Bertz CT molecular complexity index is 641. The molecule has 2 aromatic rings. The van der Waals surface area contributed by atoms with Crippen LogP contribution in [0.2, 0.25) is 0 Å². The van der Waals surface area contributed by atoms with Crippen molar-refractivity contribution in [1.82, 2.24) is 10.3 Å². The minimum absolute atomic E-state index is 0.216. The molecule has 0 saturated carbocycles. The second-order valence-corrected chi connectivity index (χ2v) is 6.11. The second-order valence-electron chi connectivity index (χ2n) is 6.11. The predicted molar refractivity (Wildman–Crippen MR) is 91.8 cm³/mol. The molecule has 2 atom stereocenters. The van der Waals surface area contributed by atoms with E-state index in [2.05, 4.69) is 47.6 Å². The Balaban J connectivity index is 1.71. The van der Waals surface area contributed by atoms with E-state index in [4.69, 9.17) is 9.47 Å². The van der Waals surface area contributed by atoms with E-state index in [1.54, 1.807) is 13.3 Å². The highest BCUT2D eigenvalue weighted by atomic mass is 16.5. The summed E-state index contributed by atoms with van der Waals surface area (Å²) in [5.74, 6) is 0.826. The summed E-state index contributed by atoms with van der Waals surface area (Å²) >= 11 is 0. The highest BCUT2D eigenvalue weighted by Crippen LogP contribution is 2.24. The van der Waals surface area contributed by atoms with Crippen LogP contribution in [0.3, 0.4) is 0 Å². The van der Waals surface area contributed by atoms with Crippen molar-refractivity contribution in [3.8, 4) is 16.9 Å². The normalized spacial score (nSPS) is 18.3. The average molecular weight is 312 g/mol. The van der Waals surface area contributed by atoms with Crippen LogP contribution in [0.1, 0.15) is 18.9 Å². The zero-order valence-corrected chi connectivity index (χ0v) is 13.8. The molecular weight excluding hydrogens is 288 g/mol. The fourth-order valence-electron chi connectivity index (χ4n) is 2.64. The third-order valence-electron chi connectivity index (χ3n) is 4.28. The van der Waals surface area contributed by atoms with Gasteiger partial charge in [-0.3, -0.25) is 4.98 Å². The van der Waals surface area contributed by atoms with E-state index in [1.807, 2.05) is 6.20 Å². The summed E-state index contributed by atoms with van der Waals surface area (Å²) in [5.41, 5.74) is 3.50. The smallest absolute Gasteiger partial charge is 0.138 e. The van der Waals surface area contributed by atoms with Crippen LogP contribution >= 0.6 is 0 Å². The van der Waals surface area contributed by atoms with Crippen LogP contribution in [0.25, 0.3) is 11.1 Å². The maximum atomic E-state index is 5.84. The molecule has 0 spiro atoms. The summed E-state index contributed by atoms with van der Waals surface area (Å²) in [4.78, 5) is 4.32. The van der Waals surface area contributed by atoms with Crippen LogP contribution in [0, 0.1) is 0 Å². The Morgan fingerprint density at radius 1 is 1.26 bits per heavy atom. The fraction of sp³-hybridized carbons (Fsp3) is 0.421. The number of pyridine rings is 1. The topological polar surface area (TPSA) is 43.4 Å². The average Bonchev–Trinajstić information content (AvgIpc) is 2.54. The van der Waals surface area contributed by atoms with Crippen molar-refractivity contribution in [3.05, 3.63) is 48.3 Å². The predicted octanol–water partition coefficient (Wildman–Crippen LogP) is 3.07. The van der Waals surface area contributed by atoms with E-state index in [9.17, 15) is 0 Å². The third-order valence-corrected chi connectivity index (χ3v) is 4.28. The van der Waals surface area contributed by atoms with Crippen molar-refractivity contribution in [2.45, 2.75) is 31.9 Å². The summed E-state index contributed by atoms with van der Waals surface area (Å²) in [6, 6.07) is 11.1. The highest BCUT2D eigenvalue weighted by Gasteiger charge is 2.16. The lowest BCUT2D eigenvalue weighted by molar-refractivity contribution is 0.119. The van der Waals surface area contributed by atoms with Gasteiger partial charge in [0.2, 0.25) is 0 Å². The SMILES string of the molecule is CO[C@H](C)Cc1cccc(-c2cncc(OC[C@@H]3CCN3)c2)c1. The number of aromatic nitrogens is 1. The first-order chi connectivity index (χ1) is 11.2. The van der Waals surface area contributed by atoms with Gasteiger partial charge in [0, 0.05) is 24.9 Å². The Kier molecular flexibility index (Phi) is 5.26. The molecule has 1 fully saturated rings. The molecule has 1 saturated heterocycles. The van der Waals surface area contributed by atoms with Gasteiger partial charge in [-0.15, -0.1) is 0 Å². The molecule has 122 valence electrons. The van der Waals surface area contributed by atoms with Crippen LogP contribution in [-0.2, 0) is 11.2 Å². The van der Waals surface area contributed by atoms with Gasteiger partial charge in [-0.2, -0.15) is 0 Å². The van der Waals surface area contributed by atoms with Crippen molar-refractivity contribution in [1.29, 1.82) is 0 Å². The van der Waals surface area contributed by atoms with Gasteiger partial charge in [-0.25, -0.2) is 0 Å². The quantitative estimate of drug-likeness (QED) is 0.853. The Labute approximate surface area is 137 Å².